The number of halogens is 12. The van der Waals surface area contributed by atoms with Gasteiger partial charge in [-0.3, -0.25) is 4.79 Å². The van der Waals surface area contributed by atoms with Gasteiger partial charge < -0.3 is 14.2 Å². The normalized spacial score (nSPS) is 15.0. The lowest BCUT2D eigenvalue weighted by molar-refractivity contribution is -0.325. The van der Waals surface area contributed by atoms with Crippen molar-refractivity contribution in [3.05, 3.63) is 29.3 Å². The molecule has 1 rings (SSSR count). The Kier molecular flexibility index (Phi) is 9.32. The van der Waals surface area contributed by atoms with Gasteiger partial charge in [0.25, 0.3) is 0 Å². The number of esters is 2. The fraction of sp³-hybridized carbons (Fsp3) is 0.579. The highest BCUT2D eigenvalue weighted by Gasteiger charge is 2.58. The highest BCUT2D eigenvalue weighted by Crippen LogP contribution is 2.39. The topological polar surface area (TPSA) is 61.8 Å². The van der Waals surface area contributed by atoms with Crippen molar-refractivity contribution < 1.29 is 76.5 Å². The van der Waals surface area contributed by atoms with Crippen LogP contribution in [0.25, 0.3) is 0 Å². The lowest BCUT2D eigenvalue weighted by Crippen LogP contribution is -2.47. The Bertz CT molecular complexity index is 886. The quantitative estimate of drug-likeness (QED) is 0.222. The first-order valence-corrected chi connectivity index (χ1v) is 9.43. The third kappa shape index (κ3) is 8.74. The molecule has 0 heterocycles. The van der Waals surface area contributed by atoms with Crippen molar-refractivity contribution in [2.45, 2.75) is 51.1 Å². The molecule has 0 aliphatic heterocycles. The lowest BCUT2D eigenvalue weighted by atomic mass is 9.88. The summed E-state index contributed by atoms with van der Waals surface area (Å²) in [5, 5.41) is 0. The fourth-order valence-electron chi connectivity index (χ4n) is 2.39. The minimum atomic E-state index is -5.87. The van der Waals surface area contributed by atoms with Crippen LogP contribution >= 0.6 is 0 Å². The lowest BCUT2D eigenvalue weighted by Gasteiger charge is -2.29. The second kappa shape index (κ2) is 10.7. The van der Waals surface area contributed by atoms with Gasteiger partial charge in [0.15, 0.2) is 6.61 Å². The zero-order valence-electron chi connectivity index (χ0n) is 18.0. The van der Waals surface area contributed by atoms with Crippen LogP contribution in [0.15, 0.2) is 18.2 Å². The van der Waals surface area contributed by atoms with E-state index in [0.29, 0.717) is 0 Å². The Morgan fingerprint density at radius 2 is 1.25 bits per heavy atom. The van der Waals surface area contributed by atoms with Crippen LogP contribution < -0.4 is 4.74 Å². The Morgan fingerprint density at radius 3 is 1.61 bits per heavy atom. The summed E-state index contributed by atoms with van der Waals surface area (Å²) in [6.45, 7) is -0.926. The molecule has 36 heavy (non-hydrogen) atoms. The van der Waals surface area contributed by atoms with Gasteiger partial charge in [-0.25, -0.2) is 4.79 Å². The molecule has 17 heteroatoms. The smallest absolute Gasteiger partial charge is 0.423 e. The standard InChI is InChI=1S/C19H16F12O5/c1-3-15(2,8-35-13(18(26,27)28)19(29,30)31)14(33)34-7-12(32)36-11-5-9(16(20,21)22)4-10(6-11)17(23,24)25/h4-6,13H,3,7-8H2,1-2H3. The third-order valence-electron chi connectivity index (χ3n) is 4.55. The monoisotopic (exact) mass is 552 g/mol. The van der Waals surface area contributed by atoms with Crippen molar-refractivity contribution in [3.63, 3.8) is 0 Å². The van der Waals surface area contributed by atoms with E-state index in [9.17, 15) is 62.3 Å². The average molecular weight is 552 g/mol. The summed E-state index contributed by atoms with van der Waals surface area (Å²) < 4.78 is 165. The maximum Gasteiger partial charge on any atom is 0.423 e. The number of carbonyl (C=O) groups excluding carboxylic acids is 2. The summed E-state index contributed by atoms with van der Waals surface area (Å²) in [4.78, 5) is 24.0. The van der Waals surface area contributed by atoms with Gasteiger partial charge in [-0.2, -0.15) is 52.7 Å². The Balaban J connectivity index is 2.94. The van der Waals surface area contributed by atoms with Crippen LogP contribution in [0.3, 0.4) is 0 Å². The van der Waals surface area contributed by atoms with Crippen molar-refractivity contribution in [2.24, 2.45) is 5.41 Å². The van der Waals surface area contributed by atoms with Crippen molar-refractivity contribution >= 4 is 11.9 Å². The third-order valence-corrected chi connectivity index (χ3v) is 4.55. The van der Waals surface area contributed by atoms with E-state index in [-0.39, 0.29) is 18.2 Å². The van der Waals surface area contributed by atoms with Crippen molar-refractivity contribution in [2.75, 3.05) is 13.2 Å². The van der Waals surface area contributed by atoms with Crippen LogP contribution in [0.1, 0.15) is 31.4 Å². The number of hydrogen-bond donors (Lipinski definition) is 0. The van der Waals surface area contributed by atoms with Gasteiger partial charge in [0, 0.05) is 0 Å². The first kappa shape index (κ1) is 31.3. The highest BCUT2D eigenvalue weighted by atomic mass is 19.4. The van der Waals surface area contributed by atoms with Crippen LogP contribution in [-0.2, 0) is 31.4 Å². The first-order valence-electron chi connectivity index (χ1n) is 9.43. The predicted molar refractivity (Wildman–Crippen MR) is 93.3 cm³/mol. The number of benzene rings is 1. The minimum absolute atomic E-state index is 0.0490. The molecule has 0 bridgehead atoms. The molecule has 0 saturated heterocycles. The van der Waals surface area contributed by atoms with E-state index >= 15 is 0 Å². The fourth-order valence-corrected chi connectivity index (χ4v) is 2.39. The SMILES string of the molecule is CCC(C)(COC(C(F)(F)F)C(F)(F)F)C(=O)OCC(=O)Oc1cc(C(F)(F)F)cc(C(F)(F)F)c1. The van der Waals surface area contributed by atoms with Gasteiger partial charge in [-0.05, 0) is 31.5 Å². The van der Waals surface area contributed by atoms with Gasteiger partial charge >= 0.3 is 36.6 Å². The number of ether oxygens (including phenoxy) is 3. The number of carbonyl (C=O) groups is 2. The molecule has 206 valence electrons. The van der Waals surface area contributed by atoms with E-state index in [1.54, 1.807) is 0 Å². The largest absolute Gasteiger partial charge is 0.453 e. The molecule has 0 aliphatic rings. The van der Waals surface area contributed by atoms with E-state index in [1.807, 2.05) is 0 Å². The first-order chi connectivity index (χ1) is 16.0. The second-order valence-corrected chi connectivity index (χ2v) is 7.48. The number of alkyl halides is 12. The molecule has 0 spiro atoms. The molecular formula is C19H16F12O5. The summed E-state index contributed by atoms with van der Waals surface area (Å²) in [6.07, 6.45) is -27.0. The zero-order chi connectivity index (χ0) is 28.3. The molecule has 0 fully saturated rings. The summed E-state index contributed by atoms with van der Waals surface area (Å²) >= 11 is 0. The molecule has 1 aromatic rings. The van der Waals surface area contributed by atoms with Gasteiger partial charge in [0.2, 0.25) is 6.10 Å². The molecule has 1 atom stereocenters. The van der Waals surface area contributed by atoms with E-state index in [2.05, 4.69) is 14.2 Å². The molecular weight excluding hydrogens is 536 g/mol. The maximum atomic E-state index is 12.8. The van der Waals surface area contributed by atoms with Gasteiger partial charge in [0.1, 0.15) is 5.75 Å². The van der Waals surface area contributed by atoms with E-state index < -0.39 is 84.7 Å². The van der Waals surface area contributed by atoms with Crippen molar-refractivity contribution in [1.82, 2.24) is 0 Å². The van der Waals surface area contributed by atoms with Gasteiger partial charge in [0.05, 0.1) is 23.1 Å². The van der Waals surface area contributed by atoms with Crippen LogP contribution in [0.5, 0.6) is 5.75 Å². The molecule has 0 aliphatic carbocycles. The van der Waals surface area contributed by atoms with Crippen molar-refractivity contribution in [3.8, 4) is 5.75 Å². The summed E-state index contributed by atoms with van der Waals surface area (Å²) in [5.74, 6) is -4.47. The molecule has 0 radical (unpaired) electrons. The average Bonchev–Trinajstić information content (AvgIpc) is 2.68. The number of hydrogen-bond acceptors (Lipinski definition) is 5. The van der Waals surface area contributed by atoms with Crippen LogP contribution in [0.4, 0.5) is 52.7 Å². The predicted octanol–water partition coefficient (Wildman–Crippen LogP) is 6.10. The van der Waals surface area contributed by atoms with Gasteiger partial charge in [-0.1, -0.05) is 6.92 Å². The van der Waals surface area contributed by atoms with E-state index in [0.717, 1.165) is 13.8 Å². The molecule has 0 amide bonds. The Labute approximate surface area is 194 Å². The number of rotatable bonds is 8. The zero-order valence-corrected chi connectivity index (χ0v) is 18.0. The molecule has 1 unspecified atom stereocenters. The van der Waals surface area contributed by atoms with Crippen LogP contribution in [0, 0.1) is 5.41 Å². The Morgan fingerprint density at radius 1 is 0.806 bits per heavy atom. The molecule has 0 aromatic heterocycles. The molecule has 5 nitrogen and oxygen atoms in total. The van der Waals surface area contributed by atoms with Crippen molar-refractivity contribution in [1.29, 1.82) is 0 Å². The summed E-state index contributed by atoms with van der Waals surface area (Å²) in [5.41, 5.74) is -5.80. The van der Waals surface area contributed by atoms with Crippen LogP contribution in [0.2, 0.25) is 0 Å². The molecule has 0 N–H and O–H groups in total. The maximum absolute atomic E-state index is 12.8. The molecule has 1 aromatic carbocycles. The summed E-state index contributed by atoms with van der Waals surface area (Å²) in [7, 11) is 0. The second-order valence-electron chi connectivity index (χ2n) is 7.48. The van der Waals surface area contributed by atoms with E-state index in [4.69, 9.17) is 0 Å². The minimum Gasteiger partial charge on any atom is -0.453 e. The van der Waals surface area contributed by atoms with Crippen LogP contribution in [-0.4, -0.2) is 43.6 Å². The van der Waals surface area contributed by atoms with Gasteiger partial charge in [-0.15, -0.1) is 0 Å². The summed E-state index contributed by atoms with van der Waals surface area (Å²) in [6, 6.07) is -0.153. The Hall–Kier alpha value is -2.72. The highest BCUT2D eigenvalue weighted by molar-refractivity contribution is 5.81. The van der Waals surface area contributed by atoms with E-state index in [1.165, 1.54) is 0 Å². The molecule has 0 saturated carbocycles.